The molecular formula is C23H25N7O5. The van der Waals surface area contributed by atoms with Crippen molar-refractivity contribution in [3.8, 4) is 0 Å². The van der Waals surface area contributed by atoms with Gasteiger partial charge in [-0.05, 0) is 30.3 Å². The average Bonchev–Trinajstić information content (AvgIpc) is 3.28. The van der Waals surface area contributed by atoms with Crippen LogP contribution in [0.25, 0.3) is 0 Å². The highest BCUT2D eigenvalue weighted by molar-refractivity contribution is 6.10. The summed E-state index contributed by atoms with van der Waals surface area (Å²) in [4.78, 5) is 42.9. The molecule has 2 aromatic rings. The van der Waals surface area contributed by atoms with Gasteiger partial charge in [0.15, 0.2) is 0 Å². The highest BCUT2D eigenvalue weighted by atomic mass is 16.7. The molecule has 1 heterocycles. The number of oxime groups is 1. The van der Waals surface area contributed by atoms with E-state index in [0.717, 1.165) is 0 Å². The molecule has 182 valence electrons. The van der Waals surface area contributed by atoms with Crippen LogP contribution >= 0.6 is 0 Å². The summed E-state index contributed by atoms with van der Waals surface area (Å²) in [7, 11) is 1.19. The standard InChI is InChI=1S/C23H25N7O5/c1-34-19(32)12-28-18(31)11-23(22(33)29-16-7-5-13(6-8-16)20(24)25)10-17(30-35-23)14-3-2-4-15(9-14)21(26)27/h2-9H,10-12H2,1H3,(H3,24,25)(H3,26,27)(H,28,31)(H,29,33). The second kappa shape index (κ2) is 10.5. The van der Waals surface area contributed by atoms with Gasteiger partial charge in [-0.25, -0.2) is 0 Å². The predicted octanol–water partition coefficient (Wildman–Crippen LogP) is 0.436. The lowest BCUT2D eigenvalue weighted by atomic mass is 9.89. The van der Waals surface area contributed by atoms with Crippen molar-refractivity contribution in [2.45, 2.75) is 18.4 Å². The van der Waals surface area contributed by atoms with Crippen LogP contribution in [0.15, 0.2) is 53.7 Å². The minimum absolute atomic E-state index is 0.0582. The molecule has 1 unspecified atom stereocenters. The summed E-state index contributed by atoms with van der Waals surface area (Å²) in [5.41, 5.74) is 11.6. The minimum atomic E-state index is -1.71. The number of nitrogen functional groups attached to an aromatic ring is 2. The topological polar surface area (TPSA) is 206 Å². The van der Waals surface area contributed by atoms with E-state index in [0.29, 0.717) is 28.1 Å². The van der Waals surface area contributed by atoms with Gasteiger partial charge in [0.1, 0.15) is 18.2 Å². The molecule has 1 aliphatic rings. The number of amides is 2. The van der Waals surface area contributed by atoms with Crippen molar-refractivity contribution in [3.63, 3.8) is 0 Å². The van der Waals surface area contributed by atoms with Crippen LogP contribution in [-0.4, -0.2) is 54.4 Å². The SMILES string of the molecule is COC(=O)CNC(=O)CC1(C(=O)Nc2ccc(C(=N)N)cc2)CC(c2cccc(C(=N)N)c2)=NO1. The van der Waals surface area contributed by atoms with Gasteiger partial charge in [0.05, 0.1) is 19.2 Å². The zero-order valence-corrected chi connectivity index (χ0v) is 18.9. The number of carbonyl (C=O) groups is 3. The van der Waals surface area contributed by atoms with E-state index in [-0.39, 0.29) is 24.6 Å². The van der Waals surface area contributed by atoms with E-state index in [4.69, 9.17) is 27.1 Å². The zero-order chi connectivity index (χ0) is 25.6. The van der Waals surface area contributed by atoms with Crippen molar-refractivity contribution in [3.05, 3.63) is 65.2 Å². The number of esters is 1. The Balaban J connectivity index is 1.83. The zero-order valence-electron chi connectivity index (χ0n) is 18.9. The fourth-order valence-corrected chi connectivity index (χ4v) is 3.34. The van der Waals surface area contributed by atoms with Crippen LogP contribution in [0.2, 0.25) is 0 Å². The van der Waals surface area contributed by atoms with Crippen LogP contribution in [0.1, 0.15) is 29.5 Å². The molecule has 35 heavy (non-hydrogen) atoms. The van der Waals surface area contributed by atoms with Crippen molar-refractivity contribution in [2.75, 3.05) is 19.0 Å². The molecule has 0 fully saturated rings. The van der Waals surface area contributed by atoms with Gasteiger partial charge in [-0.15, -0.1) is 0 Å². The predicted molar refractivity (Wildman–Crippen MR) is 128 cm³/mol. The van der Waals surface area contributed by atoms with Crippen LogP contribution in [0.4, 0.5) is 5.69 Å². The van der Waals surface area contributed by atoms with Crippen LogP contribution < -0.4 is 22.1 Å². The molecule has 0 spiro atoms. The Hall–Kier alpha value is -4.74. The van der Waals surface area contributed by atoms with Crippen molar-refractivity contribution < 1.29 is 24.0 Å². The lowest BCUT2D eigenvalue weighted by Gasteiger charge is -2.25. The third-order valence-corrected chi connectivity index (χ3v) is 5.26. The van der Waals surface area contributed by atoms with Gasteiger partial charge in [-0.3, -0.25) is 25.2 Å². The van der Waals surface area contributed by atoms with Crippen molar-refractivity contribution >= 4 is 40.9 Å². The molecule has 0 bridgehead atoms. The Bertz CT molecular complexity index is 1210. The number of anilines is 1. The van der Waals surface area contributed by atoms with Gasteiger partial charge < -0.3 is 31.7 Å². The monoisotopic (exact) mass is 479 g/mol. The van der Waals surface area contributed by atoms with Crippen LogP contribution in [0.3, 0.4) is 0 Å². The van der Waals surface area contributed by atoms with Crippen molar-refractivity contribution in [2.24, 2.45) is 16.6 Å². The first-order chi connectivity index (χ1) is 16.6. The number of nitrogens with two attached hydrogens (primary N) is 2. The number of nitrogens with one attached hydrogen (secondary N) is 4. The summed E-state index contributed by atoms with van der Waals surface area (Å²) < 4.78 is 4.52. The maximum absolute atomic E-state index is 13.3. The third-order valence-electron chi connectivity index (χ3n) is 5.26. The normalized spacial score (nSPS) is 16.4. The van der Waals surface area contributed by atoms with E-state index in [1.165, 1.54) is 7.11 Å². The fourth-order valence-electron chi connectivity index (χ4n) is 3.34. The summed E-state index contributed by atoms with van der Waals surface area (Å²) in [5, 5.41) is 24.3. The second-order valence-corrected chi connectivity index (χ2v) is 7.77. The highest BCUT2D eigenvalue weighted by Gasteiger charge is 2.48. The first kappa shape index (κ1) is 24.9. The average molecular weight is 479 g/mol. The number of amidine groups is 2. The lowest BCUT2D eigenvalue weighted by molar-refractivity contribution is -0.146. The quantitative estimate of drug-likeness (QED) is 0.170. The van der Waals surface area contributed by atoms with Crippen molar-refractivity contribution in [1.29, 1.82) is 10.8 Å². The number of hydrogen-bond acceptors (Lipinski definition) is 8. The largest absolute Gasteiger partial charge is 0.468 e. The van der Waals surface area contributed by atoms with Crippen LogP contribution in [0, 0.1) is 10.8 Å². The fraction of sp³-hybridized carbons (Fsp3) is 0.217. The molecule has 12 heteroatoms. The maximum atomic E-state index is 13.3. The first-order valence-electron chi connectivity index (χ1n) is 10.4. The van der Waals surface area contributed by atoms with Gasteiger partial charge in [0, 0.05) is 28.8 Å². The van der Waals surface area contributed by atoms with E-state index >= 15 is 0 Å². The summed E-state index contributed by atoms with van der Waals surface area (Å²) >= 11 is 0. The van der Waals surface area contributed by atoms with Gasteiger partial charge in [-0.1, -0.05) is 23.4 Å². The number of carbonyl (C=O) groups excluding carboxylic acids is 3. The van der Waals surface area contributed by atoms with E-state index in [1.54, 1.807) is 48.5 Å². The highest BCUT2D eigenvalue weighted by Crippen LogP contribution is 2.32. The molecule has 8 N–H and O–H groups in total. The Morgan fingerprint density at radius 1 is 1.09 bits per heavy atom. The number of benzene rings is 2. The molecular weight excluding hydrogens is 454 g/mol. The van der Waals surface area contributed by atoms with Crippen LogP contribution in [-0.2, 0) is 24.0 Å². The molecule has 3 rings (SSSR count). The lowest BCUT2D eigenvalue weighted by Crippen LogP contribution is -2.47. The Labute approximate surface area is 200 Å². The van der Waals surface area contributed by atoms with Gasteiger partial charge in [0.25, 0.3) is 5.91 Å². The molecule has 0 saturated carbocycles. The van der Waals surface area contributed by atoms with E-state index in [1.807, 2.05) is 0 Å². The molecule has 0 radical (unpaired) electrons. The molecule has 0 aliphatic carbocycles. The number of rotatable bonds is 9. The summed E-state index contributed by atoms with van der Waals surface area (Å²) in [6, 6.07) is 13.0. The minimum Gasteiger partial charge on any atom is -0.468 e. The molecule has 1 aliphatic heterocycles. The number of ether oxygens (including phenoxy) is 1. The number of methoxy groups -OCH3 is 1. The molecule has 0 saturated heterocycles. The van der Waals surface area contributed by atoms with Gasteiger partial charge in [-0.2, -0.15) is 0 Å². The molecule has 1 atom stereocenters. The van der Waals surface area contributed by atoms with E-state index in [9.17, 15) is 14.4 Å². The number of hydrogen-bond donors (Lipinski definition) is 6. The Morgan fingerprint density at radius 3 is 2.40 bits per heavy atom. The molecule has 2 aromatic carbocycles. The smallest absolute Gasteiger partial charge is 0.325 e. The maximum Gasteiger partial charge on any atom is 0.325 e. The van der Waals surface area contributed by atoms with Crippen molar-refractivity contribution in [1.82, 2.24) is 5.32 Å². The third kappa shape index (κ3) is 5.99. The van der Waals surface area contributed by atoms with E-state index in [2.05, 4.69) is 20.5 Å². The molecule has 0 aromatic heterocycles. The summed E-state index contributed by atoms with van der Waals surface area (Å²) in [5.74, 6) is -2.15. The molecule has 12 nitrogen and oxygen atoms in total. The Morgan fingerprint density at radius 2 is 1.77 bits per heavy atom. The van der Waals surface area contributed by atoms with Gasteiger partial charge in [0.2, 0.25) is 11.5 Å². The van der Waals surface area contributed by atoms with E-state index < -0.39 is 29.8 Å². The number of nitrogens with zero attached hydrogens (tertiary/aromatic N) is 1. The van der Waals surface area contributed by atoms with Gasteiger partial charge >= 0.3 is 5.97 Å². The first-order valence-corrected chi connectivity index (χ1v) is 10.4. The molecule has 2 amide bonds. The van der Waals surface area contributed by atoms with Crippen LogP contribution in [0.5, 0.6) is 0 Å². The summed E-state index contributed by atoms with van der Waals surface area (Å²) in [6.07, 6.45) is -0.488. The summed E-state index contributed by atoms with van der Waals surface area (Å²) in [6.45, 7) is -0.367. The Kier molecular flexibility index (Phi) is 7.44. The second-order valence-electron chi connectivity index (χ2n) is 7.77.